The number of ether oxygens (including phenoxy) is 1. The molecule has 1 aromatic carbocycles. The van der Waals surface area contributed by atoms with Gasteiger partial charge in [-0.3, -0.25) is 0 Å². The van der Waals surface area contributed by atoms with Gasteiger partial charge in [-0.05, 0) is 30.5 Å². The fourth-order valence-electron chi connectivity index (χ4n) is 2.52. The Kier molecular flexibility index (Phi) is 4.74. The van der Waals surface area contributed by atoms with E-state index < -0.39 is 6.10 Å². The number of hydrogen-bond donors (Lipinski definition) is 1. The normalized spacial score (nSPS) is 13.3. The molecule has 1 unspecified atom stereocenters. The summed E-state index contributed by atoms with van der Waals surface area (Å²) in [6, 6.07) is 6.34. The zero-order chi connectivity index (χ0) is 14.9. The van der Waals surface area contributed by atoms with E-state index in [2.05, 4.69) is 32.0 Å². The third-order valence-electron chi connectivity index (χ3n) is 3.66. The first kappa shape index (κ1) is 15.4. The number of nitrogens with zero attached hydrogens (tertiary/aromatic N) is 1. The van der Waals surface area contributed by atoms with Crippen molar-refractivity contribution in [2.24, 2.45) is 0 Å². The van der Waals surface area contributed by atoms with Gasteiger partial charge in [0.1, 0.15) is 5.15 Å². The SMILES string of the molecule is COCCn1c(Cl)c(C(C)O)c2cc(C(C)C)ccc21. The third kappa shape index (κ3) is 2.71. The van der Waals surface area contributed by atoms with Gasteiger partial charge in [-0.2, -0.15) is 0 Å². The highest BCUT2D eigenvalue weighted by Gasteiger charge is 2.19. The Bertz CT molecular complexity index is 602. The van der Waals surface area contributed by atoms with Crippen molar-refractivity contribution >= 4 is 22.5 Å². The second-order valence-electron chi connectivity index (χ2n) is 5.46. The predicted octanol–water partition coefficient (Wildman–Crippen LogP) is 4.12. The first-order chi connectivity index (χ1) is 9.47. The van der Waals surface area contributed by atoms with Crippen LogP contribution in [0.5, 0.6) is 0 Å². The van der Waals surface area contributed by atoms with Crippen LogP contribution in [0.15, 0.2) is 18.2 Å². The lowest BCUT2D eigenvalue weighted by atomic mass is 9.99. The van der Waals surface area contributed by atoms with E-state index in [4.69, 9.17) is 16.3 Å². The molecule has 0 amide bonds. The molecule has 1 atom stereocenters. The molecule has 0 saturated carbocycles. The molecule has 2 aromatic rings. The summed E-state index contributed by atoms with van der Waals surface area (Å²) >= 11 is 6.46. The summed E-state index contributed by atoms with van der Waals surface area (Å²) in [4.78, 5) is 0. The minimum atomic E-state index is -0.587. The molecule has 0 spiro atoms. The summed E-state index contributed by atoms with van der Waals surface area (Å²) in [7, 11) is 1.67. The number of rotatable bonds is 5. The molecule has 0 aliphatic carbocycles. The van der Waals surface area contributed by atoms with Crippen LogP contribution in [-0.4, -0.2) is 23.4 Å². The number of methoxy groups -OCH3 is 1. The maximum atomic E-state index is 10.0. The summed E-state index contributed by atoms with van der Waals surface area (Å²) in [5.41, 5.74) is 3.10. The molecule has 0 fully saturated rings. The lowest BCUT2D eigenvalue weighted by Crippen LogP contribution is -2.04. The number of hydrogen-bond acceptors (Lipinski definition) is 2. The molecule has 0 bridgehead atoms. The zero-order valence-electron chi connectivity index (χ0n) is 12.5. The quantitative estimate of drug-likeness (QED) is 0.900. The number of halogens is 1. The molecule has 2 rings (SSSR count). The lowest BCUT2D eigenvalue weighted by Gasteiger charge is -2.08. The Hall–Kier alpha value is -1.03. The van der Waals surface area contributed by atoms with Crippen LogP contribution in [0.1, 0.15) is 43.9 Å². The summed E-state index contributed by atoms with van der Waals surface area (Å²) in [5, 5.41) is 11.7. The van der Waals surface area contributed by atoms with Crippen molar-refractivity contribution in [2.75, 3.05) is 13.7 Å². The summed E-state index contributed by atoms with van der Waals surface area (Å²) < 4.78 is 7.15. The number of benzene rings is 1. The molecule has 1 N–H and O–H groups in total. The maximum absolute atomic E-state index is 10.0. The number of aliphatic hydroxyl groups excluding tert-OH is 1. The third-order valence-corrected chi connectivity index (χ3v) is 4.07. The summed E-state index contributed by atoms with van der Waals surface area (Å²) in [6.07, 6.45) is -0.587. The van der Waals surface area contributed by atoms with E-state index >= 15 is 0 Å². The molecule has 20 heavy (non-hydrogen) atoms. The van der Waals surface area contributed by atoms with E-state index in [0.717, 1.165) is 16.5 Å². The molecular weight excluding hydrogens is 274 g/mol. The van der Waals surface area contributed by atoms with Gasteiger partial charge in [0.15, 0.2) is 0 Å². The molecule has 4 heteroatoms. The molecule has 0 aliphatic heterocycles. The number of fused-ring (bicyclic) bond motifs is 1. The molecule has 3 nitrogen and oxygen atoms in total. The van der Waals surface area contributed by atoms with E-state index in [-0.39, 0.29) is 0 Å². The fraction of sp³-hybridized carbons (Fsp3) is 0.500. The fourth-order valence-corrected chi connectivity index (χ4v) is 2.96. The van der Waals surface area contributed by atoms with Crippen LogP contribution in [0.3, 0.4) is 0 Å². The maximum Gasteiger partial charge on any atom is 0.115 e. The molecule has 1 aromatic heterocycles. The molecular formula is C16H22ClNO2. The van der Waals surface area contributed by atoms with Crippen molar-refractivity contribution in [3.63, 3.8) is 0 Å². The molecule has 0 aliphatic rings. The summed E-state index contributed by atoms with van der Waals surface area (Å²) in [6.45, 7) is 7.34. The minimum absolute atomic E-state index is 0.447. The van der Waals surface area contributed by atoms with E-state index in [0.29, 0.717) is 24.2 Å². The van der Waals surface area contributed by atoms with Gasteiger partial charge in [-0.25, -0.2) is 0 Å². The van der Waals surface area contributed by atoms with Gasteiger partial charge < -0.3 is 14.4 Å². The Morgan fingerprint density at radius 3 is 2.55 bits per heavy atom. The van der Waals surface area contributed by atoms with Crippen molar-refractivity contribution in [1.82, 2.24) is 4.57 Å². The standard InChI is InChI=1S/C16H22ClNO2/c1-10(2)12-5-6-14-13(9-12)15(11(3)19)16(17)18(14)7-8-20-4/h5-6,9-11,19H,7-8H2,1-4H3. The van der Waals surface area contributed by atoms with E-state index in [1.165, 1.54) is 5.56 Å². The van der Waals surface area contributed by atoms with Crippen LogP contribution >= 0.6 is 11.6 Å². The van der Waals surface area contributed by atoms with Crippen LogP contribution in [0, 0.1) is 0 Å². The van der Waals surface area contributed by atoms with Crippen LogP contribution in [0.4, 0.5) is 0 Å². The lowest BCUT2D eigenvalue weighted by molar-refractivity contribution is 0.187. The van der Waals surface area contributed by atoms with Gasteiger partial charge in [-0.15, -0.1) is 0 Å². The highest BCUT2D eigenvalue weighted by molar-refractivity contribution is 6.32. The largest absolute Gasteiger partial charge is 0.389 e. The first-order valence-corrected chi connectivity index (χ1v) is 7.33. The van der Waals surface area contributed by atoms with Crippen molar-refractivity contribution in [2.45, 2.75) is 39.3 Å². The van der Waals surface area contributed by atoms with Gasteiger partial charge in [0.05, 0.1) is 12.7 Å². The molecule has 0 saturated heterocycles. The number of aromatic nitrogens is 1. The Labute approximate surface area is 125 Å². The van der Waals surface area contributed by atoms with Crippen LogP contribution in [-0.2, 0) is 11.3 Å². The molecule has 0 radical (unpaired) electrons. The van der Waals surface area contributed by atoms with Crippen molar-refractivity contribution in [3.05, 3.63) is 34.5 Å². The van der Waals surface area contributed by atoms with Crippen LogP contribution in [0.2, 0.25) is 5.15 Å². The van der Waals surface area contributed by atoms with E-state index in [1.54, 1.807) is 14.0 Å². The van der Waals surface area contributed by atoms with Gasteiger partial charge in [-0.1, -0.05) is 31.5 Å². The first-order valence-electron chi connectivity index (χ1n) is 6.95. The molecule has 1 heterocycles. The van der Waals surface area contributed by atoms with Crippen LogP contribution in [0.25, 0.3) is 10.9 Å². The second kappa shape index (κ2) is 6.17. The smallest absolute Gasteiger partial charge is 0.115 e. The monoisotopic (exact) mass is 295 g/mol. The Morgan fingerprint density at radius 1 is 1.30 bits per heavy atom. The van der Waals surface area contributed by atoms with E-state index in [9.17, 15) is 5.11 Å². The minimum Gasteiger partial charge on any atom is -0.389 e. The zero-order valence-corrected chi connectivity index (χ0v) is 13.2. The average molecular weight is 296 g/mol. The highest BCUT2D eigenvalue weighted by atomic mass is 35.5. The molecule has 110 valence electrons. The Balaban J connectivity index is 2.66. The second-order valence-corrected chi connectivity index (χ2v) is 5.81. The van der Waals surface area contributed by atoms with Gasteiger partial charge in [0.2, 0.25) is 0 Å². The van der Waals surface area contributed by atoms with Gasteiger partial charge >= 0.3 is 0 Å². The predicted molar refractivity (Wildman–Crippen MR) is 83.5 cm³/mol. The van der Waals surface area contributed by atoms with E-state index in [1.807, 2.05) is 4.57 Å². The van der Waals surface area contributed by atoms with Crippen molar-refractivity contribution in [3.8, 4) is 0 Å². The highest BCUT2D eigenvalue weighted by Crippen LogP contribution is 2.36. The van der Waals surface area contributed by atoms with Crippen LogP contribution < -0.4 is 0 Å². The van der Waals surface area contributed by atoms with Gasteiger partial charge in [0.25, 0.3) is 0 Å². The van der Waals surface area contributed by atoms with Crippen molar-refractivity contribution in [1.29, 1.82) is 0 Å². The van der Waals surface area contributed by atoms with Crippen molar-refractivity contribution < 1.29 is 9.84 Å². The Morgan fingerprint density at radius 2 is 2.00 bits per heavy atom. The number of aliphatic hydroxyl groups is 1. The van der Waals surface area contributed by atoms with Gasteiger partial charge in [0, 0.05) is 30.1 Å². The topological polar surface area (TPSA) is 34.4 Å². The summed E-state index contributed by atoms with van der Waals surface area (Å²) in [5.74, 6) is 0.447. The average Bonchev–Trinajstić information content (AvgIpc) is 2.67.